The van der Waals surface area contributed by atoms with E-state index >= 15 is 0 Å². The Morgan fingerprint density at radius 1 is 1.53 bits per heavy atom. The maximum absolute atomic E-state index is 13.5. The zero-order valence-electron chi connectivity index (χ0n) is 9.39. The summed E-state index contributed by atoms with van der Waals surface area (Å²) in [5, 5.41) is 8.93. The number of hydrogen-bond acceptors (Lipinski definition) is 3. The number of aliphatic hydroxyl groups is 1. The summed E-state index contributed by atoms with van der Waals surface area (Å²) in [6.45, 7) is 1.21. The van der Waals surface area contributed by atoms with Crippen molar-refractivity contribution in [3.63, 3.8) is 0 Å². The third-order valence-corrected chi connectivity index (χ3v) is 4.92. The van der Waals surface area contributed by atoms with Crippen molar-refractivity contribution in [1.29, 1.82) is 0 Å². The molecule has 96 valence electrons. The number of hydrogen-bond donors (Lipinski definition) is 1. The predicted molar refractivity (Wildman–Crippen MR) is 65.6 cm³/mol. The van der Waals surface area contributed by atoms with Crippen molar-refractivity contribution in [2.75, 3.05) is 13.7 Å². The van der Waals surface area contributed by atoms with Crippen LogP contribution in [0.2, 0.25) is 0 Å². The quantitative estimate of drug-likeness (QED) is 0.914. The molecule has 0 aromatic heterocycles. The minimum atomic E-state index is -3.94. The van der Waals surface area contributed by atoms with Crippen LogP contribution in [0, 0.1) is 5.82 Å². The highest BCUT2D eigenvalue weighted by molar-refractivity contribution is 9.10. The van der Waals surface area contributed by atoms with Gasteiger partial charge in [-0.05, 0) is 25.1 Å². The molecule has 0 aliphatic carbocycles. The lowest BCUT2D eigenvalue weighted by atomic mass is 10.3. The second-order valence-corrected chi connectivity index (χ2v) is 6.51. The Labute approximate surface area is 108 Å². The smallest absolute Gasteiger partial charge is 0.246 e. The van der Waals surface area contributed by atoms with E-state index in [0.29, 0.717) is 4.47 Å². The van der Waals surface area contributed by atoms with Gasteiger partial charge in [0.25, 0.3) is 0 Å². The number of benzene rings is 1. The van der Waals surface area contributed by atoms with Crippen molar-refractivity contribution in [1.82, 2.24) is 4.31 Å². The molecule has 0 amide bonds. The van der Waals surface area contributed by atoms with Crippen LogP contribution >= 0.6 is 15.9 Å². The van der Waals surface area contributed by atoms with Gasteiger partial charge in [-0.1, -0.05) is 15.9 Å². The molecular formula is C10H13BrFNO3S. The predicted octanol–water partition coefficient (Wildman–Crippen LogP) is 1.59. The molecule has 17 heavy (non-hydrogen) atoms. The van der Waals surface area contributed by atoms with Crippen molar-refractivity contribution >= 4 is 26.0 Å². The van der Waals surface area contributed by atoms with Gasteiger partial charge in [-0.15, -0.1) is 0 Å². The summed E-state index contributed by atoms with van der Waals surface area (Å²) >= 11 is 3.09. The summed E-state index contributed by atoms with van der Waals surface area (Å²) in [7, 11) is -2.63. The zero-order valence-corrected chi connectivity index (χ0v) is 11.8. The van der Waals surface area contributed by atoms with E-state index in [1.54, 1.807) is 0 Å². The maximum atomic E-state index is 13.5. The van der Waals surface area contributed by atoms with Crippen LogP contribution in [0.3, 0.4) is 0 Å². The van der Waals surface area contributed by atoms with Crippen LogP contribution in [-0.2, 0) is 10.0 Å². The molecule has 0 bridgehead atoms. The van der Waals surface area contributed by atoms with Crippen molar-refractivity contribution in [2.45, 2.75) is 17.9 Å². The zero-order chi connectivity index (χ0) is 13.2. The molecule has 1 rings (SSSR count). The molecule has 1 aromatic carbocycles. The number of aliphatic hydroxyl groups excluding tert-OH is 1. The van der Waals surface area contributed by atoms with E-state index in [4.69, 9.17) is 5.11 Å². The molecule has 0 fully saturated rings. The van der Waals surface area contributed by atoms with E-state index in [1.165, 1.54) is 26.1 Å². The first kappa shape index (κ1) is 14.6. The topological polar surface area (TPSA) is 57.6 Å². The Bertz CT molecular complexity index is 506. The SMILES string of the molecule is C[C@H](CO)N(C)S(=O)(=O)c1cc(Br)ccc1F. The van der Waals surface area contributed by atoms with Gasteiger partial charge in [0.05, 0.1) is 6.61 Å². The Kier molecular flexibility index (Phi) is 4.65. The standard InChI is InChI=1S/C10H13BrFNO3S/c1-7(6-14)13(2)17(15,16)10-5-8(11)3-4-9(10)12/h3-5,7,14H,6H2,1-2H3/t7-/m1/s1. The molecule has 1 aromatic rings. The third-order valence-electron chi connectivity index (χ3n) is 2.44. The number of rotatable bonds is 4. The number of nitrogens with zero attached hydrogens (tertiary/aromatic N) is 1. The Hall–Kier alpha value is -0.500. The molecule has 0 radical (unpaired) electrons. The van der Waals surface area contributed by atoms with Gasteiger partial charge in [-0.2, -0.15) is 4.31 Å². The largest absolute Gasteiger partial charge is 0.395 e. The van der Waals surface area contributed by atoms with Crippen LogP contribution < -0.4 is 0 Å². The van der Waals surface area contributed by atoms with Crippen molar-refractivity contribution in [3.8, 4) is 0 Å². The fourth-order valence-electron chi connectivity index (χ4n) is 1.18. The molecule has 0 heterocycles. The van der Waals surface area contributed by atoms with E-state index in [0.717, 1.165) is 10.4 Å². The van der Waals surface area contributed by atoms with E-state index in [-0.39, 0.29) is 6.61 Å². The first-order valence-electron chi connectivity index (χ1n) is 4.84. The summed E-state index contributed by atoms with van der Waals surface area (Å²) < 4.78 is 39.0. The highest BCUT2D eigenvalue weighted by atomic mass is 79.9. The molecule has 0 spiro atoms. The average molecular weight is 326 g/mol. The summed E-state index contributed by atoms with van der Waals surface area (Å²) in [5.41, 5.74) is 0. The fourth-order valence-corrected chi connectivity index (χ4v) is 3.14. The first-order valence-corrected chi connectivity index (χ1v) is 7.08. The Morgan fingerprint density at radius 3 is 2.65 bits per heavy atom. The van der Waals surface area contributed by atoms with Gasteiger partial charge in [-0.3, -0.25) is 0 Å². The van der Waals surface area contributed by atoms with Gasteiger partial charge in [-0.25, -0.2) is 12.8 Å². The lowest BCUT2D eigenvalue weighted by Gasteiger charge is -2.22. The lowest BCUT2D eigenvalue weighted by Crippen LogP contribution is -2.37. The van der Waals surface area contributed by atoms with Crippen molar-refractivity contribution < 1.29 is 17.9 Å². The third kappa shape index (κ3) is 3.04. The highest BCUT2D eigenvalue weighted by Crippen LogP contribution is 2.23. The van der Waals surface area contributed by atoms with E-state index in [2.05, 4.69) is 15.9 Å². The van der Waals surface area contributed by atoms with Crippen LogP contribution in [0.15, 0.2) is 27.6 Å². The van der Waals surface area contributed by atoms with Crippen molar-refractivity contribution in [3.05, 3.63) is 28.5 Å². The minimum absolute atomic E-state index is 0.328. The van der Waals surface area contributed by atoms with Gasteiger partial charge in [0.15, 0.2) is 0 Å². The summed E-state index contributed by atoms with van der Waals surface area (Å²) in [6.07, 6.45) is 0. The van der Waals surface area contributed by atoms with Crippen LogP contribution in [0.5, 0.6) is 0 Å². The molecule has 0 unspecified atom stereocenters. The maximum Gasteiger partial charge on any atom is 0.246 e. The number of likely N-dealkylation sites (N-methyl/N-ethyl adjacent to an activating group) is 1. The first-order chi connectivity index (χ1) is 7.80. The molecular weight excluding hydrogens is 313 g/mol. The van der Waals surface area contributed by atoms with Gasteiger partial charge in [0.1, 0.15) is 10.7 Å². The molecule has 1 atom stereocenters. The molecule has 0 saturated heterocycles. The Balaban J connectivity index is 3.26. The normalized spacial score (nSPS) is 14.0. The van der Waals surface area contributed by atoms with E-state index < -0.39 is 26.8 Å². The van der Waals surface area contributed by atoms with E-state index in [9.17, 15) is 12.8 Å². The molecule has 7 heteroatoms. The molecule has 0 saturated carbocycles. The lowest BCUT2D eigenvalue weighted by molar-refractivity contribution is 0.213. The van der Waals surface area contributed by atoms with Gasteiger partial charge < -0.3 is 5.11 Å². The molecule has 0 aliphatic heterocycles. The van der Waals surface area contributed by atoms with Crippen LogP contribution in [0.25, 0.3) is 0 Å². The second-order valence-electron chi connectivity index (χ2n) is 3.63. The molecule has 1 N–H and O–H groups in total. The number of sulfonamides is 1. The van der Waals surface area contributed by atoms with Crippen LogP contribution in [0.1, 0.15) is 6.92 Å². The minimum Gasteiger partial charge on any atom is -0.395 e. The van der Waals surface area contributed by atoms with Gasteiger partial charge in [0.2, 0.25) is 10.0 Å². The monoisotopic (exact) mass is 325 g/mol. The summed E-state index contributed by atoms with van der Waals surface area (Å²) in [6, 6.07) is 3.09. The highest BCUT2D eigenvalue weighted by Gasteiger charge is 2.27. The average Bonchev–Trinajstić information content (AvgIpc) is 2.30. The van der Waals surface area contributed by atoms with Gasteiger partial charge in [0, 0.05) is 17.6 Å². The number of halogens is 2. The van der Waals surface area contributed by atoms with Gasteiger partial charge >= 0.3 is 0 Å². The Morgan fingerprint density at radius 2 is 2.12 bits per heavy atom. The van der Waals surface area contributed by atoms with Crippen LogP contribution in [-0.4, -0.2) is 37.5 Å². The fraction of sp³-hybridized carbons (Fsp3) is 0.400. The van der Waals surface area contributed by atoms with Crippen molar-refractivity contribution in [2.24, 2.45) is 0 Å². The van der Waals surface area contributed by atoms with Crippen LogP contribution in [0.4, 0.5) is 4.39 Å². The molecule has 0 aliphatic rings. The van der Waals surface area contributed by atoms with E-state index in [1.807, 2.05) is 0 Å². The molecule has 4 nitrogen and oxygen atoms in total. The second kappa shape index (κ2) is 5.43. The summed E-state index contributed by atoms with van der Waals surface area (Å²) in [4.78, 5) is -0.408. The summed E-state index contributed by atoms with van der Waals surface area (Å²) in [5.74, 6) is -0.815.